The number of aryl methyl sites for hydroxylation is 1. The van der Waals surface area contributed by atoms with Crippen molar-refractivity contribution >= 4 is 16.9 Å². The van der Waals surface area contributed by atoms with Crippen molar-refractivity contribution in [2.45, 2.75) is 6.92 Å². The van der Waals surface area contributed by atoms with E-state index in [1.165, 1.54) is 12.1 Å². The number of anilines is 1. The van der Waals surface area contributed by atoms with E-state index in [4.69, 9.17) is 5.73 Å². The number of halogens is 1. The molecule has 2 aromatic heterocycles. The lowest BCUT2D eigenvalue weighted by atomic mass is 10.2. The van der Waals surface area contributed by atoms with Crippen LogP contribution in [-0.4, -0.2) is 15.0 Å². The van der Waals surface area contributed by atoms with Crippen LogP contribution in [0.1, 0.15) is 5.56 Å². The van der Waals surface area contributed by atoms with Crippen LogP contribution in [0.2, 0.25) is 0 Å². The Morgan fingerprint density at radius 2 is 2.11 bits per heavy atom. The Labute approximate surface area is 103 Å². The first kappa shape index (κ1) is 10.7. The number of aromatic nitrogens is 3. The van der Waals surface area contributed by atoms with Gasteiger partial charge in [0.1, 0.15) is 11.6 Å². The monoisotopic (exact) mass is 242 g/mol. The standard InChI is InChI=1S/C13H11FN4/c1-7-4-11-13(16-6-7)18-12(17-11)8-2-3-10(15)9(14)5-8/h2-6H,15H2,1H3,(H,16,17,18). The van der Waals surface area contributed by atoms with Crippen molar-refractivity contribution in [3.63, 3.8) is 0 Å². The molecule has 0 saturated heterocycles. The number of imidazole rings is 1. The number of nitrogen functional groups attached to an aromatic ring is 1. The van der Waals surface area contributed by atoms with Crippen LogP contribution >= 0.6 is 0 Å². The Hall–Kier alpha value is -2.43. The maximum Gasteiger partial charge on any atom is 0.178 e. The zero-order chi connectivity index (χ0) is 12.7. The second-order valence-electron chi connectivity index (χ2n) is 4.21. The minimum Gasteiger partial charge on any atom is -0.396 e. The van der Waals surface area contributed by atoms with Crippen molar-refractivity contribution in [2.24, 2.45) is 0 Å². The molecule has 0 aliphatic rings. The number of hydrogen-bond acceptors (Lipinski definition) is 3. The summed E-state index contributed by atoms with van der Waals surface area (Å²) in [5.74, 6) is 0.138. The Bertz CT molecular complexity index is 733. The van der Waals surface area contributed by atoms with E-state index in [1.807, 2.05) is 13.0 Å². The predicted octanol–water partition coefficient (Wildman–Crippen LogP) is 2.65. The van der Waals surface area contributed by atoms with Crippen LogP contribution in [-0.2, 0) is 0 Å². The molecule has 0 atom stereocenters. The van der Waals surface area contributed by atoms with E-state index in [-0.39, 0.29) is 5.69 Å². The largest absolute Gasteiger partial charge is 0.396 e. The first-order valence-electron chi connectivity index (χ1n) is 5.51. The molecule has 0 saturated carbocycles. The van der Waals surface area contributed by atoms with Crippen LogP contribution < -0.4 is 5.73 Å². The summed E-state index contributed by atoms with van der Waals surface area (Å²) < 4.78 is 13.4. The second kappa shape index (κ2) is 3.80. The molecule has 0 amide bonds. The predicted molar refractivity (Wildman–Crippen MR) is 68.4 cm³/mol. The summed E-state index contributed by atoms with van der Waals surface area (Å²) in [7, 11) is 0. The van der Waals surface area contributed by atoms with Crippen molar-refractivity contribution < 1.29 is 4.39 Å². The normalized spacial score (nSPS) is 11.0. The van der Waals surface area contributed by atoms with E-state index in [2.05, 4.69) is 15.0 Å². The zero-order valence-electron chi connectivity index (χ0n) is 9.74. The van der Waals surface area contributed by atoms with Gasteiger partial charge >= 0.3 is 0 Å². The number of nitrogens with two attached hydrogens (primary N) is 1. The molecule has 5 heteroatoms. The lowest BCUT2D eigenvalue weighted by Crippen LogP contribution is -1.91. The van der Waals surface area contributed by atoms with Gasteiger partial charge in [0.25, 0.3) is 0 Å². The smallest absolute Gasteiger partial charge is 0.178 e. The summed E-state index contributed by atoms with van der Waals surface area (Å²) in [4.78, 5) is 11.6. The van der Waals surface area contributed by atoms with E-state index in [1.54, 1.807) is 12.3 Å². The molecular weight excluding hydrogens is 231 g/mol. The molecule has 0 fully saturated rings. The Morgan fingerprint density at radius 1 is 1.28 bits per heavy atom. The van der Waals surface area contributed by atoms with Crippen molar-refractivity contribution in [1.82, 2.24) is 15.0 Å². The van der Waals surface area contributed by atoms with Gasteiger partial charge in [0.2, 0.25) is 0 Å². The number of fused-ring (bicyclic) bond motifs is 1. The summed E-state index contributed by atoms with van der Waals surface area (Å²) >= 11 is 0. The summed E-state index contributed by atoms with van der Waals surface area (Å²) in [6, 6.07) is 6.56. The topological polar surface area (TPSA) is 67.6 Å². The SMILES string of the molecule is Cc1cnc2nc(-c3ccc(N)c(F)c3)[nH]c2c1. The van der Waals surface area contributed by atoms with Crippen molar-refractivity contribution in [1.29, 1.82) is 0 Å². The average molecular weight is 242 g/mol. The fourth-order valence-electron chi connectivity index (χ4n) is 1.82. The van der Waals surface area contributed by atoms with Gasteiger partial charge in [-0.25, -0.2) is 14.4 Å². The molecule has 1 aromatic carbocycles. The number of benzene rings is 1. The molecule has 0 aliphatic heterocycles. The molecule has 2 heterocycles. The highest BCUT2D eigenvalue weighted by atomic mass is 19.1. The first-order valence-corrected chi connectivity index (χ1v) is 5.51. The Morgan fingerprint density at radius 3 is 2.89 bits per heavy atom. The summed E-state index contributed by atoms with van der Waals surface area (Å²) in [5.41, 5.74) is 8.72. The summed E-state index contributed by atoms with van der Waals surface area (Å²) in [6.07, 6.45) is 1.75. The van der Waals surface area contributed by atoms with Gasteiger partial charge in [-0.05, 0) is 36.8 Å². The number of nitrogens with one attached hydrogen (secondary N) is 1. The number of aromatic amines is 1. The highest BCUT2D eigenvalue weighted by molar-refractivity contribution is 5.76. The Kier molecular flexibility index (Phi) is 2.26. The molecule has 3 aromatic rings. The van der Waals surface area contributed by atoms with Crippen molar-refractivity contribution in [3.8, 4) is 11.4 Å². The zero-order valence-corrected chi connectivity index (χ0v) is 9.74. The minimum atomic E-state index is -0.447. The van der Waals surface area contributed by atoms with Crippen LogP contribution in [0.4, 0.5) is 10.1 Å². The fraction of sp³-hybridized carbons (Fsp3) is 0.0769. The van der Waals surface area contributed by atoms with E-state index >= 15 is 0 Å². The highest BCUT2D eigenvalue weighted by Gasteiger charge is 2.08. The molecule has 18 heavy (non-hydrogen) atoms. The molecule has 0 radical (unpaired) electrons. The maximum atomic E-state index is 13.4. The van der Waals surface area contributed by atoms with Crippen LogP contribution in [0.15, 0.2) is 30.5 Å². The Balaban J connectivity index is 2.16. The van der Waals surface area contributed by atoms with Crippen LogP contribution in [0.25, 0.3) is 22.6 Å². The number of H-pyrrole nitrogens is 1. The van der Waals surface area contributed by atoms with Gasteiger partial charge < -0.3 is 10.7 Å². The van der Waals surface area contributed by atoms with Crippen LogP contribution in [0.5, 0.6) is 0 Å². The number of hydrogen-bond donors (Lipinski definition) is 2. The number of pyridine rings is 1. The van der Waals surface area contributed by atoms with E-state index in [0.29, 0.717) is 17.0 Å². The van der Waals surface area contributed by atoms with E-state index in [9.17, 15) is 4.39 Å². The average Bonchev–Trinajstić information content (AvgIpc) is 2.75. The molecule has 4 nitrogen and oxygen atoms in total. The summed E-state index contributed by atoms with van der Waals surface area (Å²) in [6.45, 7) is 1.95. The molecule has 0 spiro atoms. The van der Waals surface area contributed by atoms with Gasteiger partial charge in [0, 0.05) is 11.8 Å². The fourth-order valence-corrected chi connectivity index (χ4v) is 1.82. The lowest BCUT2D eigenvalue weighted by molar-refractivity contribution is 0.633. The maximum absolute atomic E-state index is 13.4. The summed E-state index contributed by atoms with van der Waals surface area (Å²) in [5, 5.41) is 0. The van der Waals surface area contributed by atoms with Gasteiger partial charge in [-0.3, -0.25) is 0 Å². The lowest BCUT2D eigenvalue weighted by Gasteiger charge is -1.99. The third-order valence-corrected chi connectivity index (χ3v) is 2.75. The molecular formula is C13H11FN4. The van der Waals surface area contributed by atoms with Gasteiger partial charge in [0.05, 0.1) is 11.2 Å². The molecule has 0 aliphatic carbocycles. The number of rotatable bonds is 1. The van der Waals surface area contributed by atoms with Crippen molar-refractivity contribution in [2.75, 3.05) is 5.73 Å². The van der Waals surface area contributed by atoms with Crippen LogP contribution in [0, 0.1) is 12.7 Å². The van der Waals surface area contributed by atoms with E-state index in [0.717, 1.165) is 11.1 Å². The number of nitrogens with zero attached hydrogens (tertiary/aromatic N) is 2. The molecule has 0 unspecified atom stereocenters. The second-order valence-corrected chi connectivity index (χ2v) is 4.21. The molecule has 0 bridgehead atoms. The van der Waals surface area contributed by atoms with Gasteiger partial charge in [-0.1, -0.05) is 0 Å². The quantitative estimate of drug-likeness (QED) is 0.644. The van der Waals surface area contributed by atoms with Gasteiger partial charge in [-0.15, -0.1) is 0 Å². The molecule has 3 rings (SSSR count). The van der Waals surface area contributed by atoms with Gasteiger partial charge in [-0.2, -0.15) is 0 Å². The van der Waals surface area contributed by atoms with Crippen molar-refractivity contribution in [3.05, 3.63) is 41.8 Å². The first-order chi connectivity index (χ1) is 8.63. The highest BCUT2D eigenvalue weighted by Crippen LogP contribution is 2.22. The third-order valence-electron chi connectivity index (χ3n) is 2.75. The molecule has 3 N–H and O–H groups in total. The molecule has 90 valence electrons. The van der Waals surface area contributed by atoms with Crippen LogP contribution in [0.3, 0.4) is 0 Å². The van der Waals surface area contributed by atoms with Gasteiger partial charge in [0.15, 0.2) is 5.65 Å². The van der Waals surface area contributed by atoms with E-state index < -0.39 is 5.82 Å². The third kappa shape index (κ3) is 1.69. The minimum absolute atomic E-state index is 0.129.